The van der Waals surface area contributed by atoms with E-state index in [1.165, 1.54) is 50.5 Å². The molecular formula is C41H60N2O5. The Bertz CT molecular complexity index is 1210. The fraction of sp³-hybridized carbons (Fsp3) is 0.634. The number of hydrogen-bond acceptors (Lipinski definition) is 5. The molecule has 2 aromatic rings. The average Bonchev–Trinajstić information content (AvgIpc) is 3.51. The predicted octanol–water partition coefficient (Wildman–Crippen LogP) is 9.32. The molecule has 48 heavy (non-hydrogen) atoms. The van der Waals surface area contributed by atoms with Crippen LogP contribution in [0.2, 0.25) is 0 Å². The SMILES string of the molecule is CCCCCCCCCCCCOC(=O)N[C@@H](CCCCc1ccccc1)C(=O)N1[C@@H]2CCCC[C@@H]2C[C@H]1C(=O)OCc1ccccc1. The lowest BCUT2D eigenvalue weighted by atomic mass is 9.84. The third-order valence-electron chi connectivity index (χ3n) is 10.2. The van der Waals surface area contributed by atoms with Crippen molar-refractivity contribution in [3.8, 4) is 0 Å². The van der Waals surface area contributed by atoms with Crippen LogP contribution in [0.1, 0.15) is 134 Å². The Morgan fingerprint density at radius 1 is 0.750 bits per heavy atom. The molecule has 4 atom stereocenters. The molecule has 2 aliphatic rings. The molecule has 2 fully saturated rings. The summed E-state index contributed by atoms with van der Waals surface area (Å²) in [6.07, 6.45) is 19.3. The monoisotopic (exact) mass is 660 g/mol. The van der Waals surface area contributed by atoms with Gasteiger partial charge in [0.05, 0.1) is 6.61 Å². The molecule has 0 aromatic heterocycles. The van der Waals surface area contributed by atoms with Gasteiger partial charge in [-0.05, 0) is 62.0 Å². The Hall–Kier alpha value is -3.35. The topological polar surface area (TPSA) is 84.9 Å². The number of nitrogens with zero attached hydrogens (tertiary/aromatic N) is 1. The minimum atomic E-state index is -0.744. The van der Waals surface area contributed by atoms with E-state index in [1.807, 2.05) is 48.5 Å². The van der Waals surface area contributed by atoms with Crippen molar-refractivity contribution in [3.05, 3.63) is 71.8 Å². The first-order chi connectivity index (χ1) is 23.6. The second kappa shape index (κ2) is 21.6. The quantitative estimate of drug-likeness (QED) is 0.107. The van der Waals surface area contributed by atoms with E-state index < -0.39 is 18.2 Å². The summed E-state index contributed by atoms with van der Waals surface area (Å²) in [5.74, 6) is -0.256. The zero-order valence-electron chi connectivity index (χ0n) is 29.4. The number of amides is 2. The van der Waals surface area contributed by atoms with Crippen LogP contribution in [0.4, 0.5) is 4.79 Å². The first-order valence-electron chi connectivity index (χ1n) is 19.1. The van der Waals surface area contributed by atoms with Crippen molar-refractivity contribution < 1.29 is 23.9 Å². The number of carbonyl (C=O) groups is 3. The summed E-state index contributed by atoms with van der Waals surface area (Å²) in [4.78, 5) is 42.8. The molecular weight excluding hydrogens is 600 g/mol. The molecule has 1 saturated carbocycles. The van der Waals surface area contributed by atoms with Crippen LogP contribution >= 0.6 is 0 Å². The van der Waals surface area contributed by atoms with Crippen molar-refractivity contribution in [2.45, 2.75) is 154 Å². The number of unbranched alkanes of at least 4 members (excludes halogenated alkanes) is 10. The maximum atomic E-state index is 14.4. The lowest BCUT2D eigenvalue weighted by Crippen LogP contribution is -2.55. The zero-order chi connectivity index (χ0) is 33.8. The van der Waals surface area contributed by atoms with Crippen molar-refractivity contribution in [2.75, 3.05) is 6.61 Å². The van der Waals surface area contributed by atoms with Crippen LogP contribution in [0.3, 0.4) is 0 Å². The predicted molar refractivity (Wildman–Crippen MR) is 191 cm³/mol. The van der Waals surface area contributed by atoms with E-state index in [0.29, 0.717) is 19.4 Å². The van der Waals surface area contributed by atoms with E-state index in [4.69, 9.17) is 9.47 Å². The first kappa shape index (κ1) is 37.5. The molecule has 4 rings (SSSR count). The van der Waals surface area contributed by atoms with Crippen LogP contribution in [0, 0.1) is 5.92 Å². The standard InChI is InChI=1S/C41H60N2O5/c1-2-3-4-5-6-7-8-9-10-21-30-47-41(46)42-36(28-19-17-24-33-22-13-11-14-23-33)39(44)43-37-29-20-18-27-35(37)31-38(43)40(45)48-32-34-25-15-12-16-26-34/h11-16,22-23,25-26,35-38H,2-10,17-21,24,27-32H2,1H3,(H,42,46)/t35-,36+,37-,38+/m1/s1. The number of ether oxygens (including phenoxy) is 2. The van der Waals surface area contributed by atoms with Gasteiger partial charge in [0.1, 0.15) is 18.7 Å². The smallest absolute Gasteiger partial charge is 0.407 e. The number of likely N-dealkylation sites (tertiary alicyclic amines) is 1. The number of carbonyl (C=O) groups excluding carboxylic acids is 3. The third kappa shape index (κ3) is 12.6. The molecule has 1 heterocycles. The summed E-state index contributed by atoms with van der Waals surface area (Å²) in [6, 6.07) is 18.6. The summed E-state index contributed by atoms with van der Waals surface area (Å²) < 4.78 is 11.4. The first-order valence-corrected chi connectivity index (χ1v) is 19.1. The number of nitrogens with one attached hydrogen (secondary N) is 1. The van der Waals surface area contributed by atoms with Gasteiger partial charge in [0.2, 0.25) is 5.91 Å². The highest BCUT2D eigenvalue weighted by atomic mass is 16.5. The highest BCUT2D eigenvalue weighted by molar-refractivity contribution is 5.90. The minimum Gasteiger partial charge on any atom is -0.459 e. The van der Waals surface area contributed by atoms with E-state index in [0.717, 1.165) is 69.8 Å². The van der Waals surface area contributed by atoms with Gasteiger partial charge in [-0.15, -0.1) is 0 Å². The highest BCUT2D eigenvalue weighted by Crippen LogP contribution is 2.40. The van der Waals surface area contributed by atoms with Crippen LogP contribution in [-0.2, 0) is 32.1 Å². The maximum Gasteiger partial charge on any atom is 0.407 e. The Balaban J connectivity index is 1.32. The van der Waals surface area contributed by atoms with Gasteiger partial charge < -0.3 is 19.7 Å². The number of aryl methyl sites for hydroxylation is 1. The number of fused-ring (bicyclic) bond motifs is 1. The summed E-state index contributed by atoms with van der Waals surface area (Å²) in [7, 11) is 0. The maximum absolute atomic E-state index is 14.4. The molecule has 1 aliphatic heterocycles. The molecule has 264 valence electrons. The molecule has 1 aliphatic carbocycles. The Kier molecular flexibility index (Phi) is 16.8. The van der Waals surface area contributed by atoms with Crippen molar-refractivity contribution >= 4 is 18.0 Å². The third-order valence-corrected chi connectivity index (χ3v) is 10.2. The Labute approximate surface area is 289 Å². The molecule has 2 amide bonds. The number of hydrogen-bond donors (Lipinski definition) is 1. The number of rotatable bonds is 21. The van der Waals surface area contributed by atoms with Crippen molar-refractivity contribution in [2.24, 2.45) is 5.92 Å². The number of benzene rings is 2. The molecule has 7 nitrogen and oxygen atoms in total. The molecule has 0 unspecified atom stereocenters. The van der Waals surface area contributed by atoms with Crippen molar-refractivity contribution in [1.82, 2.24) is 10.2 Å². The summed E-state index contributed by atoms with van der Waals surface area (Å²) in [6.45, 7) is 2.77. The van der Waals surface area contributed by atoms with Gasteiger partial charge in [0.25, 0.3) is 0 Å². The zero-order valence-corrected chi connectivity index (χ0v) is 29.4. The largest absolute Gasteiger partial charge is 0.459 e. The molecule has 1 N–H and O–H groups in total. The van der Waals surface area contributed by atoms with Crippen LogP contribution in [-0.4, -0.2) is 47.6 Å². The average molecular weight is 661 g/mol. The molecule has 1 saturated heterocycles. The Morgan fingerprint density at radius 2 is 1.38 bits per heavy atom. The van der Waals surface area contributed by atoms with E-state index >= 15 is 0 Å². The lowest BCUT2D eigenvalue weighted by Gasteiger charge is -2.35. The van der Waals surface area contributed by atoms with Gasteiger partial charge in [0, 0.05) is 6.04 Å². The van der Waals surface area contributed by atoms with E-state index in [2.05, 4.69) is 24.4 Å². The summed E-state index contributed by atoms with van der Waals surface area (Å²) in [5, 5.41) is 2.94. The van der Waals surface area contributed by atoms with Gasteiger partial charge in [-0.2, -0.15) is 0 Å². The van der Waals surface area contributed by atoms with E-state index in [1.54, 1.807) is 4.90 Å². The second-order valence-corrected chi connectivity index (χ2v) is 13.9. The van der Waals surface area contributed by atoms with Gasteiger partial charge in [-0.25, -0.2) is 9.59 Å². The number of esters is 1. The van der Waals surface area contributed by atoms with E-state index in [9.17, 15) is 14.4 Å². The lowest BCUT2D eigenvalue weighted by molar-refractivity contribution is -0.156. The van der Waals surface area contributed by atoms with Crippen LogP contribution in [0.15, 0.2) is 60.7 Å². The molecule has 0 bridgehead atoms. The number of alkyl carbamates (subject to hydrolysis) is 1. The highest BCUT2D eigenvalue weighted by Gasteiger charge is 2.49. The Morgan fingerprint density at radius 3 is 2.06 bits per heavy atom. The van der Waals surface area contributed by atoms with Gasteiger partial charge >= 0.3 is 12.1 Å². The van der Waals surface area contributed by atoms with Crippen molar-refractivity contribution in [1.29, 1.82) is 0 Å². The molecule has 7 heteroatoms. The fourth-order valence-corrected chi connectivity index (χ4v) is 7.51. The van der Waals surface area contributed by atoms with Gasteiger partial charge in [-0.1, -0.05) is 145 Å². The summed E-state index contributed by atoms with van der Waals surface area (Å²) >= 11 is 0. The van der Waals surface area contributed by atoms with Crippen LogP contribution < -0.4 is 5.32 Å². The van der Waals surface area contributed by atoms with Crippen molar-refractivity contribution in [3.63, 3.8) is 0 Å². The molecule has 0 spiro atoms. The van der Waals surface area contributed by atoms with E-state index in [-0.39, 0.29) is 30.4 Å². The molecule has 0 radical (unpaired) electrons. The second-order valence-electron chi connectivity index (χ2n) is 13.9. The van der Waals surface area contributed by atoms with Gasteiger partial charge in [0.15, 0.2) is 0 Å². The van der Waals surface area contributed by atoms with Crippen LogP contribution in [0.25, 0.3) is 0 Å². The van der Waals surface area contributed by atoms with Crippen LogP contribution in [0.5, 0.6) is 0 Å². The summed E-state index contributed by atoms with van der Waals surface area (Å²) in [5.41, 5.74) is 2.18. The minimum absolute atomic E-state index is 0.00295. The van der Waals surface area contributed by atoms with Gasteiger partial charge in [-0.3, -0.25) is 4.79 Å². The fourth-order valence-electron chi connectivity index (χ4n) is 7.51. The molecule has 2 aromatic carbocycles. The normalized spacial score (nSPS) is 19.4.